The summed E-state index contributed by atoms with van der Waals surface area (Å²) < 4.78 is 2.03. The number of aryl methyl sites for hydroxylation is 3. The topological polar surface area (TPSA) is 58.5 Å². The van der Waals surface area contributed by atoms with Gasteiger partial charge in [-0.05, 0) is 40.8 Å². The SMILES string of the molecule is CCn1nc(C)c(-c2cnc(CCCNC)[nH]2)c1C. The standard InChI is InChI=1S/C14H23N5/c1-5-19-11(3)14(10(2)18-19)12-9-16-13(17-12)7-6-8-15-4/h9,15H,5-8H2,1-4H3,(H,16,17). The van der Waals surface area contributed by atoms with E-state index in [2.05, 4.69) is 41.2 Å². The van der Waals surface area contributed by atoms with E-state index in [0.29, 0.717) is 0 Å². The van der Waals surface area contributed by atoms with E-state index in [-0.39, 0.29) is 0 Å². The maximum absolute atomic E-state index is 4.55. The molecule has 0 aliphatic carbocycles. The van der Waals surface area contributed by atoms with Crippen LogP contribution in [0.2, 0.25) is 0 Å². The Bertz CT molecular complexity index is 538. The van der Waals surface area contributed by atoms with Crippen molar-refractivity contribution >= 4 is 0 Å². The third-order valence-electron chi connectivity index (χ3n) is 3.42. The zero-order chi connectivity index (χ0) is 13.8. The van der Waals surface area contributed by atoms with Gasteiger partial charge in [0.15, 0.2) is 0 Å². The fourth-order valence-electron chi connectivity index (χ4n) is 2.44. The average Bonchev–Trinajstić information content (AvgIpc) is 2.94. The molecule has 0 unspecified atom stereocenters. The summed E-state index contributed by atoms with van der Waals surface area (Å²) in [6.45, 7) is 8.19. The van der Waals surface area contributed by atoms with Crippen LogP contribution in [0.5, 0.6) is 0 Å². The maximum atomic E-state index is 4.55. The number of aromatic amines is 1. The van der Waals surface area contributed by atoms with Crippen molar-refractivity contribution in [1.82, 2.24) is 25.1 Å². The second-order valence-corrected chi connectivity index (χ2v) is 4.81. The molecule has 104 valence electrons. The molecule has 0 aromatic carbocycles. The van der Waals surface area contributed by atoms with Crippen molar-refractivity contribution < 1.29 is 0 Å². The molecule has 5 heteroatoms. The van der Waals surface area contributed by atoms with Gasteiger partial charge in [0.1, 0.15) is 5.82 Å². The molecule has 2 aromatic rings. The summed E-state index contributed by atoms with van der Waals surface area (Å²) in [6.07, 6.45) is 3.99. The molecule has 0 bridgehead atoms. The van der Waals surface area contributed by atoms with Crippen LogP contribution < -0.4 is 5.32 Å². The fourth-order valence-corrected chi connectivity index (χ4v) is 2.44. The van der Waals surface area contributed by atoms with Gasteiger partial charge in [-0.15, -0.1) is 0 Å². The molecule has 19 heavy (non-hydrogen) atoms. The third kappa shape index (κ3) is 2.87. The monoisotopic (exact) mass is 261 g/mol. The van der Waals surface area contributed by atoms with Crippen LogP contribution in [0.3, 0.4) is 0 Å². The van der Waals surface area contributed by atoms with Crippen LogP contribution in [0.1, 0.15) is 30.6 Å². The summed E-state index contributed by atoms with van der Waals surface area (Å²) in [5, 5.41) is 7.70. The molecule has 0 aliphatic heterocycles. The van der Waals surface area contributed by atoms with E-state index < -0.39 is 0 Å². The van der Waals surface area contributed by atoms with Gasteiger partial charge in [0.2, 0.25) is 0 Å². The second kappa shape index (κ2) is 6.02. The molecule has 0 fully saturated rings. The summed E-state index contributed by atoms with van der Waals surface area (Å²) in [7, 11) is 1.97. The number of hydrogen-bond donors (Lipinski definition) is 2. The largest absolute Gasteiger partial charge is 0.342 e. The second-order valence-electron chi connectivity index (χ2n) is 4.81. The van der Waals surface area contributed by atoms with E-state index >= 15 is 0 Å². The average molecular weight is 261 g/mol. The Balaban J connectivity index is 2.20. The van der Waals surface area contributed by atoms with Crippen LogP contribution in [0, 0.1) is 13.8 Å². The lowest BCUT2D eigenvalue weighted by atomic mass is 10.1. The molecule has 0 saturated carbocycles. The summed E-state index contributed by atoms with van der Waals surface area (Å²) in [6, 6.07) is 0. The lowest BCUT2D eigenvalue weighted by molar-refractivity contribution is 0.634. The summed E-state index contributed by atoms with van der Waals surface area (Å²) in [5.74, 6) is 1.05. The van der Waals surface area contributed by atoms with E-state index in [0.717, 1.165) is 43.1 Å². The van der Waals surface area contributed by atoms with E-state index in [4.69, 9.17) is 0 Å². The van der Waals surface area contributed by atoms with Crippen molar-refractivity contribution in [3.05, 3.63) is 23.4 Å². The number of nitrogens with one attached hydrogen (secondary N) is 2. The first kappa shape index (κ1) is 13.8. The third-order valence-corrected chi connectivity index (χ3v) is 3.42. The Hall–Kier alpha value is -1.62. The molecule has 0 spiro atoms. The smallest absolute Gasteiger partial charge is 0.106 e. The number of hydrogen-bond acceptors (Lipinski definition) is 3. The Morgan fingerprint density at radius 3 is 2.79 bits per heavy atom. The van der Waals surface area contributed by atoms with Crippen molar-refractivity contribution in [2.75, 3.05) is 13.6 Å². The number of imidazole rings is 1. The van der Waals surface area contributed by atoms with Crippen molar-refractivity contribution in [1.29, 1.82) is 0 Å². The highest BCUT2D eigenvalue weighted by molar-refractivity contribution is 5.64. The first-order valence-corrected chi connectivity index (χ1v) is 6.90. The summed E-state index contributed by atoms with van der Waals surface area (Å²) in [4.78, 5) is 7.88. The van der Waals surface area contributed by atoms with Gasteiger partial charge >= 0.3 is 0 Å². The molecule has 5 nitrogen and oxygen atoms in total. The first-order valence-electron chi connectivity index (χ1n) is 6.90. The Morgan fingerprint density at radius 2 is 2.16 bits per heavy atom. The molecular weight excluding hydrogens is 238 g/mol. The van der Waals surface area contributed by atoms with Gasteiger partial charge in [-0.3, -0.25) is 4.68 Å². The van der Waals surface area contributed by atoms with Gasteiger partial charge in [-0.25, -0.2) is 4.98 Å². The number of H-pyrrole nitrogens is 1. The zero-order valence-corrected chi connectivity index (χ0v) is 12.2. The molecule has 2 N–H and O–H groups in total. The first-order chi connectivity index (χ1) is 9.17. The predicted octanol–water partition coefficient (Wildman–Crippen LogP) is 2.06. The van der Waals surface area contributed by atoms with Gasteiger partial charge in [-0.1, -0.05) is 0 Å². The molecule has 2 heterocycles. The van der Waals surface area contributed by atoms with E-state index in [9.17, 15) is 0 Å². The molecule has 0 amide bonds. The van der Waals surface area contributed by atoms with Crippen molar-refractivity contribution in [2.45, 2.75) is 40.2 Å². The van der Waals surface area contributed by atoms with Gasteiger partial charge in [0.25, 0.3) is 0 Å². The summed E-state index contributed by atoms with van der Waals surface area (Å²) >= 11 is 0. The van der Waals surface area contributed by atoms with E-state index in [1.54, 1.807) is 0 Å². The van der Waals surface area contributed by atoms with Crippen molar-refractivity contribution in [3.8, 4) is 11.3 Å². The van der Waals surface area contributed by atoms with Crippen LogP contribution in [0.25, 0.3) is 11.3 Å². The van der Waals surface area contributed by atoms with Gasteiger partial charge < -0.3 is 10.3 Å². The minimum atomic E-state index is 0.899. The van der Waals surface area contributed by atoms with Crippen LogP contribution in [0.4, 0.5) is 0 Å². The maximum Gasteiger partial charge on any atom is 0.106 e. The Kier molecular flexibility index (Phi) is 4.37. The minimum absolute atomic E-state index is 0.899. The lowest BCUT2D eigenvalue weighted by Gasteiger charge is -2.00. The van der Waals surface area contributed by atoms with Crippen LogP contribution in [-0.2, 0) is 13.0 Å². The highest BCUT2D eigenvalue weighted by Gasteiger charge is 2.14. The van der Waals surface area contributed by atoms with Gasteiger partial charge in [0, 0.05) is 24.2 Å². The highest BCUT2D eigenvalue weighted by atomic mass is 15.3. The Labute approximate surface area is 114 Å². The van der Waals surface area contributed by atoms with Crippen LogP contribution in [0.15, 0.2) is 6.20 Å². The van der Waals surface area contributed by atoms with Crippen LogP contribution in [-0.4, -0.2) is 33.3 Å². The molecule has 0 atom stereocenters. The molecule has 0 aliphatic rings. The van der Waals surface area contributed by atoms with E-state index in [1.807, 2.05) is 17.9 Å². The predicted molar refractivity (Wildman–Crippen MR) is 77.2 cm³/mol. The number of aromatic nitrogens is 4. The molecule has 0 saturated heterocycles. The molecule has 0 radical (unpaired) electrons. The molecular formula is C14H23N5. The Morgan fingerprint density at radius 1 is 1.37 bits per heavy atom. The minimum Gasteiger partial charge on any atom is -0.342 e. The molecule has 2 rings (SSSR count). The fraction of sp³-hybridized carbons (Fsp3) is 0.571. The molecule has 2 aromatic heterocycles. The normalized spacial score (nSPS) is 11.2. The van der Waals surface area contributed by atoms with Gasteiger partial charge in [-0.2, -0.15) is 5.10 Å². The van der Waals surface area contributed by atoms with Gasteiger partial charge in [0.05, 0.1) is 17.6 Å². The quantitative estimate of drug-likeness (QED) is 0.783. The van der Waals surface area contributed by atoms with Crippen LogP contribution >= 0.6 is 0 Å². The summed E-state index contributed by atoms with van der Waals surface area (Å²) in [5.41, 5.74) is 4.53. The number of nitrogens with zero attached hydrogens (tertiary/aromatic N) is 3. The van der Waals surface area contributed by atoms with Crippen molar-refractivity contribution in [3.63, 3.8) is 0 Å². The highest BCUT2D eigenvalue weighted by Crippen LogP contribution is 2.25. The zero-order valence-electron chi connectivity index (χ0n) is 12.2. The van der Waals surface area contributed by atoms with E-state index in [1.165, 1.54) is 11.3 Å². The lowest BCUT2D eigenvalue weighted by Crippen LogP contribution is -2.08. The van der Waals surface area contributed by atoms with Crippen molar-refractivity contribution in [2.24, 2.45) is 0 Å². The number of rotatable bonds is 6.